The summed E-state index contributed by atoms with van der Waals surface area (Å²) in [7, 11) is 2.16. The molecule has 1 aliphatic rings. The molecule has 3 heteroatoms. The van der Waals surface area contributed by atoms with Crippen LogP contribution in [0.4, 0.5) is 0 Å². The van der Waals surface area contributed by atoms with Crippen molar-refractivity contribution in [3.63, 3.8) is 0 Å². The smallest absolute Gasteiger partial charge is 0.224 e. The highest BCUT2D eigenvalue weighted by atomic mass is 16.1. The minimum Gasteiger partial charge on any atom is -0.356 e. The third-order valence-electron chi connectivity index (χ3n) is 4.66. The number of likely N-dealkylation sites (tertiary alicyclic amines) is 1. The Balaban J connectivity index is 1.57. The lowest BCUT2D eigenvalue weighted by Crippen LogP contribution is -2.37. The molecule has 0 aliphatic carbocycles. The topological polar surface area (TPSA) is 32.3 Å². The number of benzene rings is 2. The molecule has 3 rings (SSSR count). The normalized spacial score (nSPS) is 16.8. The Hall–Kier alpha value is -1.87. The number of rotatable bonds is 4. The van der Waals surface area contributed by atoms with Gasteiger partial charge in [0.05, 0.1) is 6.42 Å². The van der Waals surface area contributed by atoms with E-state index in [1.165, 1.54) is 23.6 Å². The van der Waals surface area contributed by atoms with Gasteiger partial charge in [0.2, 0.25) is 5.91 Å². The van der Waals surface area contributed by atoms with Crippen LogP contribution in [0.3, 0.4) is 0 Å². The van der Waals surface area contributed by atoms with Gasteiger partial charge in [-0.1, -0.05) is 42.5 Å². The van der Waals surface area contributed by atoms with Crippen LogP contribution in [-0.4, -0.2) is 37.5 Å². The standard InChI is InChI=1S/C19H24N2O/c1-21-11-9-15(10-12-21)14-20-19(22)13-17-7-4-6-16-5-2-3-8-18(16)17/h2-8,15H,9-14H2,1H3,(H,20,22). The number of nitrogens with one attached hydrogen (secondary N) is 1. The zero-order valence-electron chi connectivity index (χ0n) is 13.2. The number of amides is 1. The van der Waals surface area contributed by atoms with Gasteiger partial charge in [-0.05, 0) is 55.2 Å². The summed E-state index contributed by atoms with van der Waals surface area (Å²) in [5.74, 6) is 0.767. The Morgan fingerprint density at radius 1 is 1.14 bits per heavy atom. The van der Waals surface area contributed by atoms with E-state index in [4.69, 9.17) is 0 Å². The third kappa shape index (κ3) is 3.66. The number of fused-ring (bicyclic) bond motifs is 1. The van der Waals surface area contributed by atoms with Gasteiger partial charge >= 0.3 is 0 Å². The second-order valence-electron chi connectivity index (χ2n) is 6.37. The maximum absolute atomic E-state index is 12.2. The van der Waals surface area contributed by atoms with Crippen LogP contribution in [0.2, 0.25) is 0 Å². The lowest BCUT2D eigenvalue weighted by atomic mass is 9.97. The molecule has 1 amide bonds. The maximum atomic E-state index is 12.2. The molecular weight excluding hydrogens is 272 g/mol. The number of hydrogen-bond donors (Lipinski definition) is 1. The first-order valence-electron chi connectivity index (χ1n) is 8.14. The van der Waals surface area contributed by atoms with Gasteiger partial charge in [-0.3, -0.25) is 4.79 Å². The van der Waals surface area contributed by atoms with Crippen molar-refractivity contribution >= 4 is 16.7 Å². The van der Waals surface area contributed by atoms with E-state index in [0.717, 1.165) is 25.2 Å². The van der Waals surface area contributed by atoms with Crippen molar-refractivity contribution < 1.29 is 4.79 Å². The van der Waals surface area contributed by atoms with E-state index in [1.807, 2.05) is 18.2 Å². The molecule has 0 atom stereocenters. The van der Waals surface area contributed by atoms with E-state index in [1.54, 1.807) is 0 Å². The lowest BCUT2D eigenvalue weighted by Gasteiger charge is -2.28. The van der Waals surface area contributed by atoms with Gasteiger partial charge in [0.15, 0.2) is 0 Å². The summed E-state index contributed by atoms with van der Waals surface area (Å²) in [5, 5.41) is 5.50. The van der Waals surface area contributed by atoms with Gasteiger partial charge < -0.3 is 10.2 Å². The Bertz CT molecular complexity index is 639. The molecule has 2 aromatic carbocycles. The van der Waals surface area contributed by atoms with Gasteiger partial charge in [0, 0.05) is 6.54 Å². The van der Waals surface area contributed by atoms with Crippen molar-refractivity contribution in [2.75, 3.05) is 26.7 Å². The van der Waals surface area contributed by atoms with Crippen LogP contribution in [-0.2, 0) is 11.2 Å². The summed E-state index contributed by atoms with van der Waals surface area (Å²) in [4.78, 5) is 14.6. The highest BCUT2D eigenvalue weighted by molar-refractivity contribution is 5.90. The first-order valence-corrected chi connectivity index (χ1v) is 8.14. The highest BCUT2D eigenvalue weighted by Crippen LogP contribution is 2.19. The third-order valence-corrected chi connectivity index (χ3v) is 4.66. The van der Waals surface area contributed by atoms with Crippen LogP contribution in [0.25, 0.3) is 10.8 Å². The van der Waals surface area contributed by atoms with Crippen LogP contribution in [0.1, 0.15) is 18.4 Å². The predicted octanol–water partition coefficient (Wildman–Crippen LogP) is 2.84. The van der Waals surface area contributed by atoms with E-state index in [2.05, 4.69) is 41.5 Å². The summed E-state index contributed by atoms with van der Waals surface area (Å²) in [6, 6.07) is 14.4. The molecule has 3 nitrogen and oxygen atoms in total. The molecule has 2 aromatic rings. The molecule has 22 heavy (non-hydrogen) atoms. The SMILES string of the molecule is CN1CCC(CNC(=O)Cc2cccc3ccccc23)CC1. The zero-order chi connectivity index (χ0) is 15.4. The van der Waals surface area contributed by atoms with Crippen LogP contribution >= 0.6 is 0 Å². The van der Waals surface area contributed by atoms with Gasteiger partial charge in [-0.15, -0.1) is 0 Å². The molecule has 1 aliphatic heterocycles. The first kappa shape index (κ1) is 15.0. The van der Waals surface area contributed by atoms with Crippen LogP contribution in [0, 0.1) is 5.92 Å². The van der Waals surface area contributed by atoms with E-state index in [0.29, 0.717) is 12.3 Å². The van der Waals surface area contributed by atoms with Crippen molar-refractivity contribution in [1.29, 1.82) is 0 Å². The predicted molar refractivity (Wildman–Crippen MR) is 90.9 cm³/mol. The van der Waals surface area contributed by atoms with Gasteiger partial charge in [-0.2, -0.15) is 0 Å². The summed E-state index contributed by atoms with van der Waals surface area (Å²) in [5.41, 5.74) is 1.11. The highest BCUT2D eigenvalue weighted by Gasteiger charge is 2.17. The zero-order valence-corrected chi connectivity index (χ0v) is 13.2. The van der Waals surface area contributed by atoms with E-state index < -0.39 is 0 Å². The fourth-order valence-corrected chi connectivity index (χ4v) is 3.21. The number of piperidine rings is 1. The Morgan fingerprint density at radius 2 is 1.86 bits per heavy atom. The summed E-state index contributed by atoms with van der Waals surface area (Å²) in [6.07, 6.45) is 2.84. The minimum atomic E-state index is 0.135. The van der Waals surface area contributed by atoms with E-state index in [9.17, 15) is 4.79 Å². The average molecular weight is 296 g/mol. The number of carbonyl (C=O) groups is 1. The van der Waals surface area contributed by atoms with Crippen LogP contribution in [0.5, 0.6) is 0 Å². The lowest BCUT2D eigenvalue weighted by molar-refractivity contribution is -0.120. The Labute approximate surface area is 132 Å². The first-order chi connectivity index (χ1) is 10.7. The molecule has 116 valence electrons. The average Bonchev–Trinajstić information content (AvgIpc) is 2.55. The fourth-order valence-electron chi connectivity index (χ4n) is 3.21. The molecule has 1 N–H and O–H groups in total. The van der Waals surface area contributed by atoms with E-state index >= 15 is 0 Å². The number of nitrogens with zero attached hydrogens (tertiary/aromatic N) is 1. The minimum absolute atomic E-state index is 0.135. The molecule has 1 heterocycles. The van der Waals surface area contributed by atoms with Gasteiger partial charge in [0.1, 0.15) is 0 Å². The molecule has 1 fully saturated rings. The molecule has 0 unspecified atom stereocenters. The molecule has 0 spiro atoms. The fraction of sp³-hybridized carbons (Fsp3) is 0.421. The monoisotopic (exact) mass is 296 g/mol. The largest absolute Gasteiger partial charge is 0.356 e. The van der Waals surface area contributed by atoms with Crippen molar-refractivity contribution in [1.82, 2.24) is 10.2 Å². The Morgan fingerprint density at radius 3 is 2.68 bits per heavy atom. The van der Waals surface area contributed by atoms with Crippen molar-refractivity contribution in [2.45, 2.75) is 19.3 Å². The second kappa shape index (κ2) is 6.93. The Kier molecular flexibility index (Phi) is 4.74. The molecular formula is C19H24N2O. The maximum Gasteiger partial charge on any atom is 0.224 e. The van der Waals surface area contributed by atoms with Crippen molar-refractivity contribution in [2.24, 2.45) is 5.92 Å². The quantitative estimate of drug-likeness (QED) is 0.941. The van der Waals surface area contributed by atoms with Crippen LogP contribution < -0.4 is 5.32 Å². The molecule has 0 radical (unpaired) electrons. The molecule has 0 bridgehead atoms. The van der Waals surface area contributed by atoms with Crippen molar-refractivity contribution in [3.8, 4) is 0 Å². The second-order valence-corrected chi connectivity index (χ2v) is 6.37. The van der Waals surface area contributed by atoms with Crippen molar-refractivity contribution in [3.05, 3.63) is 48.0 Å². The molecule has 0 aromatic heterocycles. The molecule has 1 saturated heterocycles. The molecule has 0 saturated carbocycles. The summed E-state index contributed by atoms with van der Waals surface area (Å²) >= 11 is 0. The number of hydrogen-bond acceptors (Lipinski definition) is 2. The van der Waals surface area contributed by atoms with Gasteiger partial charge in [-0.25, -0.2) is 0 Å². The summed E-state index contributed by atoms with van der Waals surface area (Å²) < 4.78 is 0. The number of carbonyl (C=O) groups excluding carboxylic acids is 1. The summed E-state index contributed by atoms with van der Waals surface area (Å²) in [6.45, 7) is 3.10. The van der Waals surface area contributed by atoms with Gasteiger partial charge in [0.25, 0.3) is 0 Å². The van der Waals surface area contributed by atoms with E-state index in [-0.39, 0.29) is 5.91 Å². The van der Waals surface area contributed by atoms with Crippen LogP contribution in [0.15, 0.2) is 42.5 Å².